The first kappa shape index (κ1) is 10.7. The Morgan fingerprint density at radius 3 is 3.12 bits per heavy atom. The van der Waals surface area contributed by atoms with Gasteiger partial charge in [-0.05, 0) is 12.5 Å². The molecule has 5 nitrogen and oxygen atoms in total. The molecule has 0 amide bonds. The average Bonchev–Trinajstić information content (AvgIpc) is 2.82. The first-order valence-electron chi connectivity index (χ1n) is 5.19. The van der Waals surface area contributed by atoms with Crippen molar-refractivity contribution < 1.29 is 4.74 Å². The van der Waals surface area contributed by atoms with Crippen LogP contribution in [0.1, 0.15) is 12.0 Å². The molecule has 84 valence electrons. The SMILES string of the molecule is CN(c1nccc(C#N)c1N)C1CCOC1. The molecule has 1 aromatic heterocycles. The summed E-state index contributed by atoms with van der Waals surface area (Å²) in [5.74, 6) is 0.662. The number of hydrogen-bond donors (Lipinski definition) is 1. The molecule has 2 N–H and O–H groups in total. The van der Waals surface area contributed by atoms with Crippen molar-refractivity contribution in [2.45, 2.75) is 12.5 Å². The number of nitrogens with two attached hydrogens (primary N) is 1. The summed E-state index contributed by atoms with van der Waals surface area (Å²) < 4.78 is 5.32. The lowest BCUT2D eigenvalue weighted by Gasteiger charge is -2.25. The van der Waals surface area contributed by atoms with E-state index in [1.807, 2.05) is 11.9 Å². The van der Waals surface area contributed by atoms with Crippen LogP contribution in [0.25, 0.3) is 0 Å². The third kappa shape index (κ3) is 1.79. The van der Waals surface area contributed by atoms with Gasteiger partial charge in [-0.2, -0.15) is 5.26 Å². The summed E-state index contributed by atoms with van der Waals surface area (Å²) in [6.07, 6.45) is 2.57. The molecule has 1 fully saturated rings. The van der Waals surface area contributed by atoms with E-state index >= 15 is 0 Å². The summed E-state index contributed by atoms with van der Waals surface area (Å²) in [4.78, 5) is 6.21. The quantitative estimate of drug-likeness (QED) is 0.793. The van der Waals surface area contributed by atoms with Crippen molar-refractivity contribution in [2.75, 3.05) is 30.9 Å². The van der Waals surface area contributed by atoms with Crippen LogP contribution in [0.15, 0.2) is 12.3 Å². The van der Waals surface area contributed by atoms with E-state index in [2.05, 4.69) is 11.1 Å². The Bertz CT molecular complexity index is 420. The van der Waals surface area contributed by atoms with Gasteiger partial charge in [0.25, 0.3) is 0 Å². The van der Waals surface area contributed by atoms with Gasteiger partial charge < -0.3 is 15.4 Å². The molecule has 0 spiro atoms. The molecule has 1 aromatic rings. The maximum absolute atomic E-state index is 8.89. The Hall–Kier alpha value is -1.80. The van der Waals surface area contributed by atoms with Gasteiger partial charge in [0.05, 0.1) is 23.9 Å². The van der Waals surface area contributed by atoms with E-state index < -0.39 is 0 Å². The van der Waals surface area contributed by atoms with Crippen molar-refractivity contribution >= 4 is 11.5 Å². The maximum atomic E-state index is 8.89. The fraction of sp³-hybridized carbons (Fsp3) is 0.455. The maximum Gasteiger partial charge on any atom is 0.153 e. The number of likely N-dealkylation sites (N-methyl/N-ethyl adjacent to an activating group) is 1. The summed E-state index contributed by atoms with van der Waals surface area (Å²) in [5, 5.41) is 8.89. The first-order chi connectivity index (χ1) is 7.74. The van der Waals surface area contributed by atoms with Gasteiger partial charge in [-0.25, -0.2) is 4.98 Å². The number of anilines is 2. The fourth-order valence-electron chi connectivity index (χ4n) is 1.84. The van der Waals surface area contributed by atoms with Crippen LogP contribution >= 0.6 is 0 Å². The second kappa shape index (κ2) is 4.37. The summed E-state index contributed by atoms with van der Waals surface area (Å²) in [6, 6.07) is 3.98. The summed E-state index contributed by atoms with van der Waals surface area (Å²) in [7, 11) is 1.93. The molecule has 1 atom stereocenters. The van der Waals surface area contributed by atoms with E-state index in [1.165, 1.54) is 0 Å². The van der Waals surface area contributed by atoms with Crippen molar-refractivity contribution in [1.29, 1.82) is 5.26 Å². The molecule has 0 aliphatic carbocycles. The molecule has 0 saturated carbocycles. The predicted octanol–water partition coefficient (Wildman–Crippen LogP) is 0.761. The third-order valence-corrected chi connectivity index (χ3v) is 2.88. The van der Waals surface area contributed by atoms with Crippen LogP contribution < -0.4 is 10.6 Å². The zero-order valence-corrected chi connectivity index (χ0v) is 9.18. The minimum Gasteiger partial charge on any atom is -0.395 e. The van der Waals surface area contributed by atoms with Gasteiger partial charge in [-0.15, -0.1) is 0 Å². The van der Waals surface area contributed by atoms with Crippen LogP contribution in [-0.4, -0.2) is 31.3 Å². The molecule has 1 saturated heterocycles. The van der Waals surface area contributed by atoms with Gasteiger partial charge in [0.2, 0.25) is 0 Å². The van der Waals surface area contributed by atoms with Crippen LogP contribution in [0.3, 0.4) is 0 Å². The van der Waals surface area contributed by atoms with E-state index in [0.717, 1.165) is 13.0 Å². The van der Waals surface area contributed by atoms with E-state index in [-0.39, 0.29) is 0 Å². The van der Waals surface area contributed by atoms with Gasteiger partial charge in [0.1, 0.15) is 6.07 Å². The highest BCUT2D eigenvalue weighted by molar-refractivity contribution is 5.70. The monoisotopic (exact) mass is 218 g/mol. The van der Waals surface area contributed by atoms with Crippen molar-refractivity contribution in [1.82, 2.24) is 4.98 Å². The summed E-state index contributed by atoms with van der Waals surface area (Å²) in [6.45, 7) is 1.46. The second-order valence-corrected chi connectivity index (χ2v) is 3.84. The molecule has 2 rings (SSSR count). The van der Waals surface area contributed by atoms with E-state index in [0.29, 0.717) is 29.7 Å². The van der Waals surface area contributed by atoms with Gasteiger partial charge >= 0.3 is 0 Å². The van der Waals surface area contributed by atoms with Crippen molar-refractivity contribution in [3.8, 4) is 6.07 Å². The zero-order chi connectivity index (χ0) is 11.5. The predicted molar refractivity (Wildman–Crippen MR) is 61.0 cm³/mol. The van der Waals surface area contributed by atoms with Crippen LogP contribution in [0.2, 0.25) is 0 Å². The molecule has 2 heterocycles. The molecule has 1 aliphatic heterocycles. The van der Waals surface area contributed by atoms with E-state index in [9.17, 15) is 0 Å². The number of nitrogen functional groups attached to an aromatic ring is 1. The van der Waals surface area contributed by atoms with Crippen LogP contribution in [-0.2, 0) is 4.74 Å². The number of ether oxygens (including phenoxy) is 1. The number of rotatable bonds is 2. The minimum absolute atomic E-state index is 0.295. The number of aromatic nitrogens is 1. The van der Waals surface area contributed by atoms with Gasteiger partial charge in [0.15, 0.2) is 5.82 Å². The van der Waals surface area contributed by atoms with E-state index in [1.54, 1.807) is 12.3 Å². The molecular weight excluding hydrogens is 204 g/mol. The molecule has 0 aromatic carbocycles. The number of nitrogens with zero attached hydrogens (tertiary/aromatic N) is 3. The van der Waals surface area contributed by atoms with Crippen molar-refractivity contribution in [3.05, 3.63) is 17.8 Å². The molecule has 16 heavy (non-hydrogen) atoms. The highest BCUT2D eigenvalue weighted by Gasteiger charge is 2.23. The highest BCUT2D eigenvalue weighted by atomic mass is 16.5. The van der Waals surface area contributed by atoms with Crippen molar-refractivity contribution in [3.63, 3.8) is 0 Å². The Balaban J connectivity index is 2.29. The Kier molecular flexibility index (Phi) is 2.93. The Labute approximate surface area is 94.4 Å². The Morgan fingerprint density at radius 2 is 2.50 bits per heavy atom. The largest absolute Gasteiger partial charge is 0.395 e. The topological polar surface area (TPSA) is 75.2 Å². The molecule has 1 unspecified atom stereocenters. The van der Waals surface area contributed by atoms with Gasteiger partial charge in [-0.3, -0.25) is 0 Å². The van der Waals surface area contributed by atoms with Crippen LogP contribution in [0, 0.1) is 11.3 Å². The molecule has 1 aliphatic rings. The first-order valence-corrected chi connectivity index (χ1v) is 5.19. The highest BCUT2D eigenvalue weighted by Crippen LogP contribution is 2.26. The lowest BCUT2D eigenvalue weighted by Crippen LogP contribution is -2.33. The van der Waals surface area contributed by atoms with E-state index in [4.69, 9.17) is 15.7 Å². The molecule has 0 radical (unpaired) electrons. The van der Waals surface area contributed by atoms with Crippen LogP contribution in [0.4, 0.5) is 11.5 Å². The smallest absolute Gasteiger partial charge is 0.153 e. The lowest BCUT2D eigenvalue weighted by molar-refractivity contribution is 0.193. The fourth-order valence-corrected chi connectivity index (χ4v) is 1.84. The third-order valence-electron chi connectivity index (χ3n) is 2.88. The summed E-state index contributed by atoms with van der Waals surface area (Å²) >= 11 is 0. The van der Waals surface area contributed by atoms with Crippen molar-refractivity contribution in [2.24, 2.45) is 0 Å². The van der Waals surface area contributed by atoms with Gasteiger partial charge in [-0.1, -0.05) is 0 Å². The normalized spacial score (nSPS) is 19.4. The standard InChI is InChI=1S/C11H14N4O/c1-15(9-3-5-16-7-9)11-10(13)8(6-12)2-4-14-11/h2,4,9H,3,5,7,13H2,1H3. The Morgan fingerprint density at radius 1 is 1.69 bits per heavy atom. The summed E-state index contributed by atoms with van der Waals surface area (Å²) in [5.41, 5.74) is 6.81. The molecule has 5 heteroatoms. The lowest BCUT2D eigenvalue weighted by atomic mass is 10.2. The molecular formula is C11H14N4O. The average molecular weight is 218 g/mol. The minimum atomic E-state index is 0.295. The zero-order valence-electron chi connectivity index (χ0n) is 9.18. The molecule has 0 bridgehead atoms. The van der Waals surface area contributed by atoms with Gasteiger partial charge in [0, 0.05) is 19.9 Å². The number of pyridine rings is 1. The number of nitriles is 1. The number of hydrogen-bond acceptors (Lipinski definition) is 5. The van der Waals surface area contributed by atoms with Crippen LogP contribution in [0.5, 0.6) is 0 Å². The second-order valence-electron chi connectivity index (χ2n) is 3.84.